The van der Waals surface area contributed by atoms with E-state index < -0.39 is 0 Å². The summed E-state index contributed by atoms with van der Waals surface area (Å²) in [6, 6.07) is 0. The molecule has 0 radical (unpaired) electrons. The van der Waals surface area contributed by atoms with E-state index in [0.29, 0.717) is 0 Å². The number of halogens is 1. The van der Waals surface area contributed by atoms with Crippen LogP contribution in [0, 0.1) is 5.92 Å². The molecule has 2 atom stereocenters. The van der Waals surface area contributed by atoms with Crippen LogP contribution < -0.4 is 0 Å². The van der Waals surface area contributed by atoms with Crippen LogP contribution in [0.5, 0.6) is 0 Å². The number of hydrogen-bond donors (Lipinski definition) is 0. The van der Waals surface area contributed by atoms with Crippen LogP contribution in [0.4, 0.5) is 0 Å². The summed E-state index contributed by atoms with van der Waals surface area (Å²) in [6.07, 6.45) is 3.81. The fourth-order valence-corrected chi connectivity index (χ4v) is 1.88. The molecule has 0 aliphatic heterocycles. The Labute approximate surface area is 71.9 Å². The molecule has 0 spiro atoms. The van der Waals surface area contributed by atoms with Crippen molar-refractivity contribution in [3.05, 3.63) is 0 Å². The second-order valence-electron chi connectivity index (χ2n) is 2.98. The van der Waals surface area contributed by atoms with Crippen molar-refractivity contribution in [1.82, 2.24) is 0 Å². The fraction of sp³-hybridized carbons (Fsp3) is 0.875. The molecule has 0 aromatic heterocycles. The van der Waals surface area contributed by atoms with Crippen LogP contribution in [0.2, 0.25) is 0 Å². The molecule has 1 rings (SSSR count). The number of ether oxygens (including phenoxy) is 1. The van der Waals surface area contributed by atoms with Crippen molar-refractivity contribution in [1.29, 1.82) is 0 Å². The van der Waals surface area contributed by atoms with Crippen LogP contribution >= 0.6 is 11.6 Å². The zero-order valence-electron chi connectivity index (χ0n) is 6.68. The molecule has 1 fully saturated rings. The number of hydrogen-bond acceptors (Lipinski definition) is 2. The van der Waals surface area contributed by atoms with Gasteiger partial charge in [-0.25, -0.2) is 0 Å². The molecule has 0 N–H and O–H groups in total. The van der Waals surface area contributed by atoms with Gasteiger partial charge in [0.1, 0.15) is 0 Å². The second-order valence-corrected chi connectivity index (χ2v) is 3.60. The third kappa shape index (κ3) is 2.37. The zero-order valence-corrected chi connectivity index (χ0v) is 7.43. The summed E-state index contributed by atoms with van der Waals surface area (Å²) in [4.78, 5) is 11.0. The van der Waals surface area contributed by atoms with E-state index in [4.69, 9.17) is 11.6 Å². The lowest BCUT2D eigenvalue weighted by molar-refractivity contribution is -0.146. The first-order chi connectivity index (χ1) is 5.24. The SMILES string of the molecule is COC(=O)[C@@H]1CCC[C@H](Cl)C1. The Morgan fingerprint density at radius 1 is 1.55 bits per heavy atom. The maximum atomic E-state index is 11.0. The molecule has 0 aromatic rings. The number of carbonyl (C=O) groups excluding carboxylic acids is 1. The lowest BCUT2D eigenvalue weighted by Crippen LogP contribution is -2.23. The van der Waals surface area contributed by atoms with Crippen LogP contribution in [-0.4, -0.2) is 18.5 Å². The van der Waals surface area contributed by atoms with E-state index in [2.05, 4.69) is 4.74 Å². The minimum absolute atomic E-state index is 0.0521. The van der Waals surface area contributed by atoms with Crippen molar-refractivity contribution in [2.24, 2.45) is 5.92 Å². The maximum Gasteiger partial charge on any atom is 0.308 e. The highest BCUT2D eigenvalue weighted by Gasteiger charge is 2.26. The smallest absolute Gasteiger partial charge is 0.308 e. The Kier molecular flexibility index (Phi) is 3.18. The van der Waals surface area contributed by atoms with E-state index in [-0.39, 0.29) is 17.3 Å². The molecular formula is C8H13ClO2. The van der Waals surface area contributed by atoms with Gasteiger partial charge in [-0.3, -0.25) is 4.79 Å². The third-order valence-corrected chi connectivity index (χ3v) is 2.54. The number of esters is 1. The number of rotatable bonds is 1. The molecule has 11 heavy (non-hydrogen) atoms. The number of methoxy groups -OCH3 is 1. The van der Waals surface area contributed by atoms with Crippen LogP contribution in [0.25, 0.3) is 0 Å². The van der Waals surface area contributed by atoms with E-state index in [1.807, 2.05) is 0 Å². The van der Waals surface area contributed by atoms with Crippen molar-refractivity contribution in [2.45, 2.75) is 31.1 Å². The first-order valence-electron chi connectivity index (χ1n) is 3.96. The van der Waals surface area contributed by atoms with E-state index in [0.717, 1.165) is 25.7 Å². The van der Waals surface area contributed by atoms with Gasteiger partial charge in [0.05, 0.1) is 13.0 Å². The van der Waals surface area contributed by atoms with Crippen LogP contribution in [-0.2, 0) is 9.53 Å². The largest absolute Gasteiger partial charge is 0.469 e. The van der Waals surface area contributed by atoms with Gasteiger partial charge >= 0.3 is 5.97 Å². The highest BCUT2D eigenvalue weighted by Crippen LogP contribution is 2.28. The van der Waals surface area contributed by atoms with Crippen LogP contribution in [0.3, 0.4) is 0 Å². The maximum absolute atomic E-state index is 11.0. The van der Waals surface area contributed by atoms with Crippen molar-refractivity contribution in [3.8, 4) is 0 Å². The van der Waals surface area contributed by atoms with E-state index in [9.17, 15) is 4.79 Å². The Morgan fingerprint density at radius 2 is 2.27 bits per heavy atom. The highest BCUT2D eigenvalue weighted by molar-refractivity contribution is 6.20. The monoisotopic (exact) mass is 176 g/mol. The molecule has 1 aliphatic rings. The molecular weight excluding hydrogens is 164 g/mol. The van der Waals surface area contributed by atoms with E-state index >= 15 is 0 Å². The molecule has 64 valence electrons. The molecule has 2 nitrogen and oxygen atoms in total. The van der Waals surface area contributed by atoms with E-state index in [1.165, 1.54) is 7.11 Å². The second kappa shape index (κ2) is 3.96. The Morgan fingerprint density at radius 3 is 2.82 bits per heavy atom. The standard InChI is InChI=1S/C8H13ClO2/c1-11-8(10)6-3-2-4-7(9)5-6/h6-7H,2-5H2,1H3/t6-,7+/m1/s1. The van der Waals surface area contributed by atoms with Gasteiger partial charge < -0.3 is 4.74 Å². The molecule has 0 aromatic carbocycles. The predicted molar refractivity (Wildman–Crippen MR) is 43.6 cm³/mol. The minimum atomic E-state index is -0.102. The summed E-state index contributed by atoms with van der Waals surface area (Å²) in [5.41, 5.74) is 0. The minimum Gasteiger partial charge on any atom is -0.469 e. The van der Waals surface area contributed by atoms with Gasteiger partial charge in [0, 0.05) is 5.38 Å². The molecule has 1 aliphatic carbocycles. The number of alkyl halides is 1. The Balaban J connectivity index is 2.39. The van der Waals surface area contributed by atoms with Crippen LogP contribution in [0.1, 0.15) is 25.7 Å². The summed E-state index contributed by atoms with van der Waals surface area (Å²) in [7, 11) is 1.43. The zero-order chi connectivity index (χ0) is 8.27. The summed E-state index contributed by atoms with van der Waals surface area (Å²) < 4.78 is 4.64. The van der Waals surface area contributed by atoms with Crippen molar-refractivity contribution in [3.63, 3.8) is 0 Å². The van der Waals surface area contributed by atoms with Gasteiger partial charge in [0.2, 0.25) is 0 Å². The Bertz CT molecular complexity index is 147. The molecule has 0 saturated heterocycles. The van der Waals surface area contributed by atoms with Crippen molar-refractivity contribution >= 4 is 17.6 Å². The average Bonchev–Trinajstić information content (AvgIpc) is 2.03. The molecule has 0 bridgehead atoms. The Hall–Kier alpha value is -0.240. The molecule has 0 amide bonds. The fourth-order valence-electron chi connectivity index (χ4n) is 1.51. The molecule has 3 heteroatoms. The molecule has 1 saturated carbocycles. The number of carbonyl (C=O) groups is 1. The first kappa shape index (κ1) is 8.85. The topological polar surface area (TPSA) is 26.3 Å². The van der Waals surface area contributed by atoms with E-state index in [1.54, 1.807) is 0 Å². The first-order valence-corrected chi connectivity index (χ1v) is 4.39. The predicted octanol–water partition coefficient (Wildman–Crippen LogP) is 1.96. The lowest BCUT2D eigenvalue weighted by Gasteiger charge is -2.22. The summed E-state index contributed by atoms with van der Waals surface area (Å²) in [5.74, 6) is -0.0494. The van der Waals surface area contributed by atoms with Gasteiger partial charge in [-0.05, 0) is 19.3 Å². The molecule has 0 unspecified atom stereocenters. The summed E-state index contributed by atoms with van der Waals surface area (Å²) >= 11 is 5.90. The van der Waals surface area contributed by atoms with Gasteiger partial charge in [-0.1, -0.05) is 6.42 Å². The summed E-state index contributed by atoms with van der Waals surface area (Å²) in [6.45, 7) is 0. The van der Waals surface area contributed by atoms with Gasteiger partial charge in [-0.15, -0.1) is 11.6 Å². The van der Waals surface area contributed by atoms with Crippen molar-refractivity contribution < 1.29 is 9.53 Å². The van der Waals surface area contributed by atoms with Gasteiger partial charge in [0.25, 0.3) is 0 Å². The van der Waals surface area contributed by atoms with Gasteiger partial charge in [0.15, 0.2) is 0 Å². The van der Waals surface area contributed by atoms with Crippen LogP contribution in [0.15, 0.2) is 0 Å². The molecule has 0 heterocycles. The lowest BCUT2D eigenvalue weighted by atomic mass is 9.89. The quantitative estimate of drug-likeness (QED) is 0.451. The van der Waals surface area contributed by atoms with Crippen molar-refractivity contribution in [2.75, 3.05) is 7.11 Å². The normalized spacial score (nSPS) is 31.5. The third-order valence-electron chi connectivity index (χ3n) is 2.14. The van der Waals surface area contributed by atoms with Gasteiger partial charge in [-0.2, -0.15) is 0 Å². The summed E-state index contributed by atoms with van der Waals surface area (Å²) in [5, 5.41) is 0.174. The highest BCUT2D eigenvalue weighted by atomic mass is 35.5. The average molecular weight is 177 g/mol.